The van der Waals surface area contributed by atoms with Crippen LogP contribution in [-0.4, -0.2) is 31.4 Å². The maximum Gasteiger partial charge on any atom is 0.259 e. The van der Waals surface area contributed by atoms with E-state index in [1.54, 1.807) is 32.9 Å². The van der Waals surface area contributed by atoms with E-state index >= 15 is 0 Å². The van der Waals surface area contributed by atoms with Crippen LogP contribution in [0.2, 0.25) is 0 Å². The molecule has 2 saturated carbocycles. The highest BCUT2D eigenvalue weighted by Crippen LogP contribution is 2.73. The number of allylic oxidation sites excluding steroid dienone is 1. The van der Waals surface area contributed by atoms with Crippen LogP contribution >= 0.6 is 0 Å². The number of hydrogen-bond donors (Lipinski definition) is 2. The highest BCUT2D eigenvalue weighted by Gasteiger charge is 2.79. The number of halogens is 2. The lowest BCUT2D eigenvalue weighted by Crippen LogP contribution is -2.43. The van der Waals surface area contributed by atoms with Gasteiger partial charge in [-0.25, -0.2) is 26.9 Å². The molecule has 162 valence electrons. The fourth-order valence-electron chi connectivity index (χ4n) is 4.62. The summed E-state index contributed by atoms with van der Waals surface area (Å²) in [5, 5.41) is 2.93. The van der Waals surface area contributed by atoms with Gasteiger partial charge in [-0.1, -0.05) is 18.9 Å². The van der Waals surface area contributed by atoms with Crippen molar-refractivity contribution in [3.8, 4) is 0 Å². The van der Waals surface area contributed by atoms with Gasteiger partial charge in [-0.3, -0.25) is 0 Å². The maximum atomic E-state index is 14.4. The first-order valence-corrected chi connectivity index (χ1v) is 11.7. The lowest BCUT2D eigenvalue weighted by atomic mass is 10.0. The second-order valence-electron chi connectivity index (χ2n) is 9.04. The summed E-state index contributed by atoms with van der Waals surface area (Å²) < 4.78 is 57.6. The van der Waals surface area contributed by atoms with Crippen molar-refractivity contribution < 1.29 is 17.2 Å². The van der Waals surface area contributed by atoms with Gasteiger partial charge >= 0.3 is 0 Å². The number of aromatic nitrogens is 1. The van der Waals surface area contributed by atoms with Crippen molar-refractivity contribution in [3.05, 3.63) is 30.5 Å². The first-order chi connectivity index (χ1) is 13.5. The molecule has 1 aromatic heterocycles. The van der Waals surface area contributed by atoms with Crippen molar-refractivity contribution in [2.45, 2.75) is 75.7 Å². The van der Waals surface area contributed by atoms with Crippen LogP contribution in [0.4, 0.5) is 14.6 Å². The normalized spacial score (nSPS) is 22.6. The summed E-state index contributed by atoms with van der Waals surface area (Å²) in [6, 6.07) is 3.09. The second kappa shape index (κ2) is 7.61. The van der Waals surface area contributed by atoms with Crippen molar-refractivity contribution >= 4 is 15.8 Å². The highest BCUT2D eigenvalue weighted by molar-refractivity contribution is 7.89. The molecule has 1 heterocycles. The Morgan fingerprint density at radius 1 is 1.31 bits per heavy atom. The van der Waals surface area contributed by atoms with Crippen molar-refractivity contribution in [3.63, 3.8) is 0 Å². The summed E-state index contributed by atoms with van der Waals surface area (Å²) in [6.45, 7) is 9.04. The Kier molecular flexibility index (Phi) is 5.82. The number of hydrogen-bond acceptors (Lipinski definition) is 4. The van der Waals surface area contributed by atoms with E-state index in [9.17, 15) is 17.2 Å². The van der Waals surface area contributed by atoms with Crippen LogP contribution in [-0.2, 0) is 10.0 Å². The number of aryl methyl sites for hydroxylation is 1. The lowest BCUT2D eigenvalue weighted by Gasteiger charge is -2.26. The first kappa shape index (κ1) is 22.2. The number of nitrogens with zero attached hydrogens (tertiary/aromatic N) is 1. The minimum Gasteiger partial charge on any atom is -0.368 e. The zero-order valence-corrected chi connectivity index (χ0v) is 18.2. The maximum absolute atomic E-state index is 14.4. The third-order valence-corrected chi connectivity index (χ3v) is 8.06. The molecule has 0 amide bonds. The van der Waals surface area contributed by atoms with Crippen LogP contribution in [0.25, 0.3) is 0 Å². The Hall–Kier alpha value is -1.54. The molecule has 3 rings (SSSR count). The molecule has 29 heavy (non-hydrogen) atoms. The zero-order chi connectivity index (χ0) is 21.5. The summed E-state index contributed by atoms with van der Waals surface area (Å²) in [4.78, 5) is 4.29. The van der Waals surface area contributed by atoms with Gasteiger partial charge in [0, 0.05) is 23.2 Å². The average Bonchev–Trinajstić information content (AvgIpc) is 2.93. The number of anilines is 1. The van der Waals surface area contributed by atoms with Crippen LogP contribution in [0.5, 0.6) is 0 Å². The van der Waals surface area contributed by atoms with Gasteiger partial charge in [-0.15, -0.1) is 6.58 Å². The second-order valence-corrected chi connectivity index (χ2v) is 10.7. The molecule has 8 heteroatoms. The molecule has 2 aliphatic rings. The van der Waals surface area contributed by atoms with Gasteiger partial charge in [0.15, 0.2) is 0 Å². The van der Waals surface area contributed by atoms with Crippen LogP contribution in [0.3, 0.4) is 0 Å². The molecule has 2 fully saturated rings. The Bertz CT molecular complexity index is 878. The molecule has 0 saturated heterocycles. The summed E-state index contributed by atoms with van der Waals surface area (Å²) in [5.74, 6) is -3.33. The molecule has 5 nitrogen and oxygen atoms in total. The molecule has 0 aliphatic heterocycles. The molecule has 0 aromatic carbocycles. The molecule has 2 aliphatic carbocycles. The Labute approximate surface area is 172 Å². The summed E-state index contributed by atoms with van der Waals surface area (Å²) in [6.07, 6.45) is 5.75. The smallest absolute Gasteiger partial charge is 0.259 e. The third kappa shape index (κ3) is 4.19. The van der Waals surface area contributed by atoms with Crippen molar-refractivity contribution in [1.82, 2.24) is 9.71 Å². The molecule has 0 radical (unpaired) electrons. The van der Waals surface area contributed by atoms with Gasteiger partial charge in [-0.05, 0) is 58.6 Å². The van der Waals surface area contributed by atoms with Crippen LogP contribution in [0.1, 0.15) is 58.1 Å². The van der Waals surface area contributed by atoms with Crippen LogP contribution < -0.4 is 10.0 Å². The Morgan fingerprint density at radius 3 is 2.59 bits per heavy atom. The predicted octanol–water partition coefficient (Wildman–Crippen LogP) is 4.65. The number of alkyl halides is 2. The van der Waals surface area contributed by atoms with Crippen molar-refractivity contribution in [2.75, 3.05) is 11.9 Å². The molecule has 2 N–H and O–H groups in total. The monoisotopic (exact) mass is 427 g/mol. The van der Waals surface area contributed by atoms with E-state index in [0.717, 1.165) is 12.8 Å². The van der Waals surface area contributed by atoms with E-state index in [1.165, 1.54) is 6.07 Å². The van der Waals surface area contributed by atoms with E-state index in [-0.39, 0.29) is 17.3 Å². The van der Waals surface area contributed by atoms with Gasteiger partial charge in [0.05, 0.1) is 5.92 Å². The SMILES string of the molecule is C=CCCC(C)(C)NS(=O)(=O)c1ccc(C)nc1NCC1C(F)(F)C12CCCC2. The molecular weight excluding hydrogens is 396 g/mol. The molecule has 0 bridgehead atoms. The van der Waals surface area contributed by atoms with Crippen LogP contribution in [0.15, 0.2) is 29.7 Å². The molecule has 1 atom stereocenters. The van der Waals surface area contributed by atoms with E-state index in [2.05, 4.69) is 21.6 Å². The van der Waals surface area contributed by atoms with E-state index < -0.39 is 32.8 Å². The predicted molar refractivity (Wildman–Crippen MR) is 111 cm³/mol. The summed E-state index contributed by atoms with van der Waals surface area (Å²) in [7, 11) is -3.88. The fourth-order valence-corrected chi connectivity index (χ4v) is 6.18. The summed E-state index contributed by atoms with van der Waals surface area (Å²) in [5.41, 5.74) is -0.962. The highest BCUT2D eigenvalue weighted by atomic mass is 32.2. The fraction of sp³-hybridized carbons (Fsp3) is 0.667. The largest absolute Gasteiger partial charge is 0.368 e. The first-order valence-electron chi connectivity index (χ1n) is 10.2. The Balaban J connectivity index is 1.79. The van der Waals surface area contributed by atoms with Crippen LogP contribution in [0, 0.1) is 18.3 Å². The van der Waals surface area contributed by atoms with E-state index in [1.807, 2.05) is 0 Å². The third-order valence-electron chi connectivity index (χ3n) is 6.33. The number of sulfonamides is 1. The number of pyridine rings is 1. The van der Waals surface area contributed by atoms with Gasteiger partial charge in [0.1, 0.15) is 10.7 Å². The van der Waals surface area contributed by atoms with E-state index in [0.29, 0.717) is 31.4 Å². The molecule has 1 unspecified atom stereocenters. The Morgan fingerprint density at radius 2 is 1.97 bits per heavy atom. The van der Waals surface area contributed by atoms with Crippen molar-refractivity contribution in [2.24, 2.45) is 11.3 Å². The molecular formula is C21H31F2N3O2S. The molecule has 1 spiro atoms. The number of rotatable bonds is 9. The topological polar surface area (TPSA) is 71.1 Å². The minimum absolute atomic E-state index is 0.0146. The van der Waals surface area contributed by atoms with Crippen molar-refractivity contribution in [1.29, 1.82) is 0 Å². The zero-order valence-electron chi connectivity index (χ0n) is 17.4. The van der Waals surface area contributed by atoms with Gasteiger partial charge < -0.3 is 5.32 Å². The van der Waals surface area contributed by atoms with E-state index in [4.69, 9.17) is 0 Å². The standard InChI is InChI=1S/C21H31F2N3O2S/c1-5-6-11-19(3,4)26-29(27,28)16-10-9-15(2)25-18(16)24-14-17-20(21(17,22)23)12-7-8-13-20/h5,9-10,17,26H,1,6-8,11-14H2,2-4H3,(H,24,25). The quantitative estimate of drug-likeness (QED) is 0.563. The number of nitrogens with one attached hydrogen (secondary N) is 2. The minimum atomic E-state index is -3.88. The molecule has 1 aromatic rings. The van der Waals surface area contributed by atoms with Gasteiger partial charge in [0.25, 0.3) is 5.92 Å². The summed E-state index contributed by atoms with van der Waals surface area (Å²) >= 11 is 0. The van der Waals surface area contributed by atoms with Gasteiger partial charge in [0.2, 0.25) is 10.0 Å². The lowest BCUT2D eigenvalue weighted by molar-refractivity contribution is 0.0595. The van der Waals surface area contributed by atoms with Gasteiger partial charge in [-0.2, -0.15) is 0 Å². The average molecular weight is 428 g/mol.